The van der Waals surface area contributed by atoms with Crippen LogP contribution in [0.25, 0.3) is 0 Å². The van der Waals surface area contributed by atoms with Gasteiger partial charge in [-0.05, 0) is 27.2 Å². The molecule has 0 unspecified atom stereocenters. The molecule has 0 fully saturated rings. The molecule has 0 saturated carbocycles. The van der Waals surface area contributed by atoms with E-state index in [2.05, 4.69) is 12.2 Å². The number of hydrogen-bond acceptors (Lipinski definition) is 2. The van der Waals surface area contributed by atoms with Crippen molar-refractivity contribution in [2.75, 3.05) is 6.54 Å². The van der Waals surface area contributed by atoms with E-state index in [0.29, 0.717) is 0 Å². The Morgan fingerprint density at radius 2 is 1.37 bits per heavy atom. The Balaban J connectivity index is 3.21. The van der Waals surface area contributed by atoms with E-state index in [1.165, 1.54) is 51.4 Å². The minimum absolute atomic E-state index is 0.299. The average Bonchev–Trinajstić information content (AvgIpc) is 2.29. The van der Waals surface area contributed by atoms with Crippen molar-refractivity contribution < 1.29 is 9.53 Å². The van der Waals surface area contributed by atoms with Gasteiger partial charge in [0.1, 0.15) is 5.60 Å². The van der Waals surface area contributed by atoms with E-state index in [0.717, 1.165) is 13.0 Å². The predicted octanol–water partition coefficient (Wildman–Crippen LogP) is 5.04. The fourth-order valence-corrected chi connectivity index (χ4v) is 1.94. The second-order valence-corrected chi connectivity index (χ2v) is 6.26. The Morgan fingerprint density at radius 3 is 1.84 bits per heavy atom. The van der Waals surface area contributed by atoms with Gasteiger partial charge in [-0.1, -0.05) is 58.3 Å². The van der Waals surface area contributed by atoms with Crippen molar-refractivity contribution in [1.29, 1.82) is 0 Å². The number of rotatable bonds is 10. The first-order chi connectivity index (χ1) is 8.95. The number of hydrogen-bond donors (Lipinski definition) is 1. The van der Waals surface area contributed by atoms with E-state index >= 15 is 0 Å². The second kappa shape index (κ2) is 11.1. The van der Waals surface area contributed by atoms with E-state index in [-0.39, 0.29) is 6.09 Å². The Labute approximate surface area is 119 Å². The first kappa shape index (κ1) is 18.3. The monoisotopic (exact) mass is 271 g/mol. The van der Waals surface area contributed by atoms with Crippen molar-refractivity contribution >= 4 is 6.09 Å². The van der Waals surface area contributed by atoms with Gasteiger partial charge in [0.25, 0.3) is 0 Å². The predicted molar refractivity (Wildman–Crippen MR) is 81.5 cm³/mol. The van der Waals surface area contributed by atoms with E-state index in [1.54, 1.807) is 0 Å². The zero-order valence-corrected chi connectivity index (χ0v) is 13.4. The summed E-state index contributed by atoms with van der Waals surface area (Å²) >= 11 is 0. The van der Waals surface area contributed by atoms with Crippen molar-refractivity contribution in [2.45, 2.75) is 91.1 Å². The van der Waals surface area contributed by atoms with Gasteiger partial charge in [-0.15, -0.1) is 0 Å². The van der Waals surface area contributed by atoms with Crippen LogP contribution in [-0.2, 0) is 4.74 Å². The van der Waals surface area contributed by atoms with Gasteiger partial charge in [-0.3, -0.25) is 0 Å². The third kappa shape index (κ3) is 15.2. The fraction of sp³-hybridized carbons (Fsp3) is 0.938. The largest absolute Gasteiger partial charge is 0.444 e. The van der Waals surface area contributed by atoms with Gasteiger partial charge < -0.3 is 10.1 Å². The van der Waals surface area contributed by atoms with Crippen LogP contribution >= 0.6 is 0 Å². The molecular weight excluding hydrogens is 238 g/mol. The second-order valence-electron chi connectivity index (χ2n) is 6.26. The van der Waals surface area contributed by atoms with Gasteiger partial charge in [0.2, 0.25) is 0 Å². The van der Waals surface area contributed by atoms with Gasteiger partial charge >= 0.3 is 6.09 Å². The van der Waals surface area contributed by atoms with Crippen molar-refractivity contribution in [3.63, 3.8) is 0 Å². The minimum Gasteiger partial charge on any atom is -0.444 e. The maximum Gasteiger partial charge on any atom is 0.407 e. The number of carbonyl (C=O) groups is 1. The standard InChI is InChI=1S/C16H33NO2/c1-5-6-7-8-9-10-11-12-13-14-17-15(18)19-16(2,3)4/h5-14H2,1-4H3,(H,17,18). The van der Waals surface area contributed by atoms with Crippen LogP contribution in [0.15, 0.2) is 0 Å². The molecule has 1 amide bonds. The molecule has 0 spiro atoms. The number of alkyl carbamates (subject to hydrolysis) is 1. The summed E-state index contributed by atoms with van der Waals surface area (Å²) in [6.45, 7) is 8.61. The quantitative estimate of drug-likeness (QED) is 0.565. The van der Waals surface area contributed by atoms with E-state index in [9.17, 15) is 4.79 Å². The number of nitrogens with one attached hydrogen (secondary N) is 1. The molecule has 0 aliphatic heterocycles. The molecular formula is C16H33NO2. The number of amides is 1. The summed E-state index contributed by atoms with van der Waals surface area (Å²) in [6.07, 6.45) is 11.4. The van der Waals surface area contributed by atoms with Crippen LogP contribution in [0.1, 0.15) is 85.5 Å². The molecule has 0 bridgehead atoms. The molecule has 0 aliphatic carbocycles. The minimum atomic E-state index is -0.400. The molecule has 0 radical (unpaired) electrons. The number of carbonyl (C=O) groups excluding carboxylic acids is 1. The van der Waals surface area contributed by atoms with Crippen molar-refractivity contribution in [1.82, 2.24) is 5.32 Å². The summed E-state index contributed by atoms with van der Waals surface area (Å²) < 4.78 is 5.17. The normalized spacial score (nSPS) is 11.4. The molecule has 3 heteroatoms. The highest BCUT2D eigenvalue weighted by Crippen LogP contribution is 2.09. The van der Waals surface area contributed by atoms with Crippen LogP contribution in [0.3, 0.4) is 0 Å². The van der Waals surface area contributed by atoms with Crippen LogP contribution in [0.4, 0.5) is 4.79 Å². The van der Waals surface area contributed by atoms with Gasteiger partial charge in [0.05, 0.1) is 0 Å². The van der Waals surface area contributed by atoms with Gasteiger partial charge in [0.15, 0.2) is 0 Å². The molecule has 19 heavy (non-hydrogen) atoms. The highest BCUT2D eigenvalue weighted by Gasteiger charge is 2.15. The molecule has 0 aromatic carbocycles. The van der Waals surface area contributed by atoms with Crippen LogP contribution in [0, 0.1) is 0 Å². The molecule has 114 valence electrons. The van der Waals surface area contributed by atoms with Crippen molar-refractivity contribution in [2.24, 2.45) is 0 Å². The number of ether oxygens (including phenoxy) is 1. The molecule has 0 saturated heterocycles. The summed E-state index contributed by atoms with van der Waals surface area (Å²) in [4.78, 5) is 11.4. The summed E-state index contributed by atoms with van der Waals surface area (Å²) in [7, 11) is 0. The van der Waals surface area contributed by atoms with Crippen LogP contribution in [0.2, 0.25) is 0 Å². The van der Waals surface area contributed by atoms with Gasteiger partial charge in [-0.25, -0.2) is 4.79 Å². The SMILES string of the molecule is CCCCCCCCCCCNC(=O)OC(C)(C)C. The smallest absolute Gasteiger partial charge is 0.407 e. The molecule has 0 rings (SSSR count). The van der Waals surface area contributed by atoms with Crippen LogP contribution in [0.5, 0.6) is 0 Å². The molecule has 0 aromatic rings. The van der Waals surface area contributed by atoms with Crippen molar-refractivity contribution in [3.05, 3.63) is 0 Å². The molecule has 3 nitrogen and oxygen atoms in total. The lowest BCUT2D eigenvalue weighted by Crippen LogP contribution is -2.32. The third-order valence-electron chi connectivity index (χ3n) is 2.95. The first-order valence-electron chi connectivity index (χ1n) is 7.92. The molecule has 0 atom stereocenters. The Kier molecular flexibility index (Phi) is 10.7. The molecule has 0 heterocycles. The van der Waals surface area contributed by atoms with E-state index in [1.807, 2.05) is 20.8 Å². The molecule has 1 N–H and O–H groups in total. The lowest BCUT2D eigenvalue weighted by Gasteiger charge is -2.19. The Morgan fingerprint density at radius 1 is 0.895 bits per heavy atom. The summed E-state index contributed by atoms with van der Waals surface area (Å²) in [5.74, 6) is 0. The highest BCUT2D eigenvalue weighted by atomic mass is 16.6. The zero-order valence-electron chi connectivity index (χ0n) is 13.4. The lowest BCUT2D eigenvalue weighted by molar-refractivity contribution is 0.0527. The summed E-state index contributed by atoms with van der Waals surface area (Å²) in [5.41, 5.74) is -0.400. The summed E-state index contributed by atoms with van der Waals surface area (Å²) in [6, 6.07) is 0. The van der Waals surface area contributed by atoms with Crippen molar-refractivity contribution in [3.8, 4) is 0 Å². The van der Waals surface area contributed by atoms with E-state index in [4.69, 9.17) is 4.74 Å². The van der Waals surface area contributed by atoms with Gasteiger partial charge in [0, 0.05) is 6.54 Å². The zero-order chi connectivity index (χ0) is 14.6. The maximum absolute atomic E-state index is 11.4. The summed E-state index contributed by atoms with van der Waals surface area (Å²) in [5, 5.41) is 2.80. The maximum atomic E-state index is 11.4. The molecule has 0 aliphatic rings. The van der Waals surface area contributed by atoms with Crippen LogP contribution < -0.4 is 5.32 Å². The first-order valence-corrected chi connectivity index (χ1v) is 7.92. The third-order valence-corrected chi connectivity index (χ3v) is 2.95. The fourth-order valence-electron chi connectivity index (χ4n) is 1.94. The van der Waals surface area contributed by atoms with E-state index < -0.39 is 5.60 Å². The highest BCUT2D eigenvalue weighted by molar-refractivity contribution is 5.67. The average molecular weight is 271 g/mol. The van der Waals surface area contributed by atoms with Crippen LogP contribution in [-0.4, -0.2) is 18.2 Å². The number of unbranched alkanes of at least 4 members (excludes halogenated alkanes) is 8. The topological polar surface area (TPSA) is 38.3 Å². The Bertz CT molecular complexity index is 221. The molecule has 0 aromatic heterocycles. The Hall–Kier alpha value is -0.730. The van der Waals surface area contributed by atoms with Gasteiger partial charge in [-0.2, -0.15) is 0 Å². The lowest BCUT2D eigenvalue weighted by atomic mass is 10.1.